The van der Waals surface area contributed by atoms with E-state index in [2.05, 4.69) is 17.4 Å². The minimum Gasteiger partial charge on any atom is -0.465 e. The molecule has 1 saturated heterocycles. The van der Waals surface area contributed by atoms with Crippen molar-refractivity contribution in [1.29, 1.82) is 0 Å². The van der Waals surface area contributed by atoms with Crippen LogP contribution in [0.2, 0.25) is 0 Å². The fourth-order valence-corrected chi connectivity index (χ4v) is 2.84. The van der Waals surface area contributed by atoms with Crippen LogP contribution in [-0.2, 0) is 20.7 Å². The van der Waals surface area contributed by atoms with Crippen LogP contribution in [0.1, 0.15) is 18.4 Å². The molecule has 2 heterocycles. The number of rotatable bonds is 3. The van der Waals surface area contributed by atoms with Gasteiger partial charge in [-0.25, -0.2) is 0 Å². The predicted molar refractivity (Wildman–Crippen MR) is 76.6 cm³/mol. The van der Waals surface area contributed by atoms with E-state index in [1.807, 2.05) is 12.1 Å². The highest BCUT2D eigenvalue weighted by Crippen LogP contribution is 2.25. The zero-order valence-electron chi connectivity index (χ0n) is 11.6. The number of benzene rings is 1. The van der Waals surface area contributed by atoms with Crippen molar-refractivity contribution < 1.29 is 14.3 Å². The Morgan fingerprint density at radius 2 is 2.10 bits per heavy atom. The molecule has 4 nitrogen and oxygen atoms in total. The number of esters is 1. The molecular formula is C16H21NO3. The van der Waals surface area contributed by atoms with Gasteiger partial charge in [0.2, 0.25) is 0 Å². The molecule has 1 aromatic carbocycles. The molecule has 4 heteroatoms. The highest BCUT2D eigenvalue weighted by molar-refractivity contribution is 5.75. The molecule has 3 rings (SSSR count). The van der Waals surface area contributed by atoms with Gasteiger partial charge in [-0.1, -0.05) is 18.2 Å². The summed E-state index contributed by atoms with van der Waals surface area (Å²) in [6.45, 7) is 2.80. The van der Waals surface area contributed by atoms with Crippen LogP contribution in [-0.4, -0.2) is 32.3 Å². The highest BCUT2D eigenvalue weighted by atomic mass is 16.5. The Morgan fingerprint density at radius 1 is 1.30 bits per heavy atom. The van der Waals surface area contributed by atoms with E-state index >= 15 is 0 Å². The lowest BCUT2D eigenvalue weighted by Crippen LogP contribution is -2.32. The maximum atomic E-state index is 12.2. The van der Waals surface area contributed by atoms with E-state index in [0.717, 1.165) is 38.2 Å². The van der Waals surface area contributed by atoms with Crippen molar-refractivity contribution >= 4 is 11.7 Å². The molecule has 0 amide bonds. The van der Waals surface area contributed by atoms with Crippen molar-refractivity contribution in [2.24, 2.45) is 11.8 Å². The molecule has 1 fully saturated rings. The first-order chi connectivity index (χ1) is 9.83. The molecule has 1 unspecified atom stereocenters. The van der Waals surface area contributed by atoms with Crippen LogP contribution in [0.5, 0.6) is 0 Å². The van der Waals surface area contributed by atoms with E-state index in [4.69, 9.17) is 9.47 Å². The summed E-state index contributed by atoms with van der Waals surface area (Å²) in [4.78, 5) is 12.2. The lowest BCUT2D eigenvalue weighted by Gasteiger charge is -2.26. The van der Waals surface area contributed by atoms with Crippen LogP contribution in [0.25, 0.3) is 0 Å². The SMILES string of the molecule is O=C(OCC1CCOCC1)C1CNc2ccccc2C1. The second kappa shape index (κ2) is 6.27. The minimum atomic E-state index is -0.0708. The summed E-state index contributed by atoms with van der Waals surface area (Å²) >= 11 is 0. The number of carbonyl (C=O) groups is 1. The maximum absolute atomic E-state index is 12.2. The standard InChI is InChI=1S/C16H21NO3/c18-16(20-11-12-5-7-19-8-6-12)14-9-13-3-1-2-4-15(13)17-10-14/h1-4,12,14,17H,5-11H2. The van der Waals surface area contributed by atoms with E-state index in [-0.39, 0.29) is 11.9 Å². The molecule has 0 aliphatic carbocycles. The number of ether oxygens (including phenoxy) is 2. The normalized spacial score (nSPS) is 22.7. The second-order valence-corrected chi connectivity index (χ2v) is 5.62. The van der Waals surface area contributed by atoms with Crippen LogP contribution >= 0.6 is 0 Å². The van der Waals surface area contributed by atoms with E-state index in [1.54, 1.807) is 0 Å². The Morgan fingerprint density at radius 3 is 2.95 bits per heavy atom. The lowest BCUT2D eigenvalue weighted by atomic mass is 9.94. The van der Waals surface area contributed by atoms with Gasteiger partial charge in [0.25, 0.3) is 0 Å². The highest BCUT2D eigenvalue weighted by Gasteiger charge is 2.26. The topological polar surface area (TPSA) is 47.6 Å². The number of anilines is 1. The number of hydrogen-bond donors (Lipinski definition) is 1. The zero-order valence-corrected chi connectivity index (χ0v) is 11.6. The number of fused-ring (bicyclic) bond motifs is 1. The molecule has 1 aromatic rings. The van der Waals surface area contributed by atoms with Crippen LogP contribution in [0, 0.1) is 11.8 Å². The van der Waals surface area contributed by atoms with Gasteiger partial charge in [0.1, 0.15) is 0 Å². The Hall–Kier alpha value is -1.55. The van der Waals surface area contributed by atoms with E-state index in [9.17, 15) is 4.79 Å². The molecule has 0 saturated carbocycles. The van der Waals surface area contributed by atoms with Gasteiger partial charge >= 0.3 is 5.97 Å². The third-order valence-corrected chi connectivity index (χ3v) is 4.16. The Balaban J connectivity index is 1.51. The van der Waals surface area contributed by atoms with Crippen LogP contribution in [0.3, 0.4) is 0 Å². The maximum Gasteiger partial charge on any atom is 0.311 e. The van der Waals surface area contributed by atoms with E-state index in [0.29, 0.717) is 19.1 Å². The second-order valence-electron chi connectivity index (χ2n) is 5.62. The Labute approximate surface area is 119 Å². The summed E-state index contributed by atoms with van der Waals surface area (Å²) in [6.07, 6.45) is 2.77. The van der Waals surface area contributed by atoms with E-state index < -0.39 is 0 Å². The van der Waals surface area contributed by atoms with E-state index in [1.165, 1.54) is 5.56 Å². The molecule has 1 N–H and O–H groups in total. The average Bonchev–Trinajstić information content (AvgIpc) is 2.53. The fourth-order valence-electron chi connectivity index (χ4n) is 2.84. The van der Waals surface area contributed by atoms with Gasteiger partial charge in [-0.3, -0.25) is 4.79 Å². The molecular weight excluding hydrogens is 254 g/mol. The smallest absolute Gasteiger partial charge is 0.311 e. The number of para-hydroxylation sites is 1. The molecule has 108 valence electrons. The summed E-state index contributed by atoms with van der Waals surface area (Å²) in [7, 11) is 0. The third kappa shape index (κ3) is 3.12. The van der Waals surface area contributed by atoms with Gasteiger partial charge in [-0.05, 0) is 36.8 Å². The molecule has 2 aliphatic heterocycles. The van der Waals surface area contributed by atoms with Gasteiger partial charge in [0, 0.05) is 25.4 Å². The largest absolute Gasteiger partial charge is 0.465 e. The average molecular weight is 275 g/mol. The molecule has 1 atom stereocenters. The van der Waals surface area contributed by atoms with Gasteiger partial charge in [-0.15, -0.1) is 0 Å². The van der Waals surface area contributed by atoms with Gasteiger partial charge in [0.05, 0.1) is 12.5 Å². The first-order valence-corrected chi connectivity index (χ1v) is 7.39. The van der Waals surface area contributed by atoms with Crippen molar-refractivity contribution in [1.82, 2.24) is 0 Å². The number of carbonyl (C=O) groups excluding carboxylic acids is 1. The molecule has 2 aliphatic rings. The van der Waals surface area contributed by atoms with Crippen molar-refractivity contribution in [2.45, 2.75) is 19.3 Å². The number of nitrogens with one attached hydrogen (secondary N) is 1. The summed E-state index contributed by atoms with van der Waals surface area (Å²) in [6, 6.07) is 8.14. The Bertz CT molecular complexity index is 469. The van der Waals surface area contributed by atoms with Gasteiger partial charge in [-0.2, -0.15) is 0 Å². The van der Waals surface area contributed by atoms with Crippen LogP contribution in [0.15, 0.2) is 24.3 Å². The van der Waals surface area contributed by atoms with Gasteiger partial charge < -0.3 is 14.8 Å². The predicted octanol–water partition coefficient (Wildman–Crippen LogP) is 2.24. The summed E-state index contributed by atoms with van der Waals surface area (Å²) < 4.78 is 10.8. The first-order valence-electron chi connectivity index (χ1n) is 7.39. The quantitative estimate of drug-likeness (QED) is 0.859. The minimum absolute atomic E-state index is 0.0651. The van der Waals surface area contributed by atoms with Crippen molar-refractivity contribution in [2.75, 3.05) is 31.7 Å². The zero-order chi connectivity index (χ0) is 13.8. The van der Waals surface area contributed by atoms with Crippen molar-refractivity contribution in [3.8, 4) is 0 Å². The summed E-state index contributed by atoms with van der Waals surface area (Å²) in [5.41, 5.74) is 2.34. The lowest BCUT2D eigenvalue weighted by molar-refractivity contribution is -0.150. The van der Waals surface area contributed by atoms with Crippen LogP contribution in [0.4, 0.5) is 5.69 Å². The summed E-state index contributed by atoms with van der Waals surface area (Å²) in [5.74, 6) is 0.333. The van der Waals surface area contributed by atoms with Crippen molar-refractivity contribution in [3.05, 3.63) is 29.8 Å². The molecule has 20 heavy (non-hydrogen) atoms. The molecule has 0 aromatic heterocycles. The third-order valence-electron chi connectivity index (χ3n) is 4.16. The molecule has 0 radical (unpaired) electrons. The molecule has 0 bridgehead atoms. The first kappa shape index (κ1) is 13.4. The van der Waals surface area contributed by atoms with Gasteiger partial charge in [0.15, 0.2) is 0 Å². The van der Waals surface area contributed by atoms with Crippen molar-refractivity contribution in [3.63, 3.8) is 0 Å². The summed E-state index contributed by atoms with van der Waals surface area (Å²) in [5, 5.41) is 3.31. The fraction of sp³-hybridized carbons (Fsp3) is 0.562. The Kier molecular flexibility index (Phi) is 4.21. The van der Waals surface area contributed by atoms with Crippen LogP contribution < -0.4 is 5.32 Å². The number of hydrogen-bond acceptors (Lipinski definition) is 4. The molecule has 0 spiro atoms. The monoisotopic (exact) mass is 275 g/mol.